The van der Waals surface area contributed by atoms with Gasteiger partial charge in [0.05, 0.1) is 21.8 Å². The van der Waals surface area contributed by atoms with E-state index in [4.69, 9.17) is 27.9 Å². The molecule has 0 aromatic heterocycles. The summed E-state index contributed by atoms with van der Waals surface area (Å²) in [6.07, 6.45) is -0.725. The standard InChI is InChI=1S/C10H11Cl2NO2/c1-6(2)15-10(14)13-8-5-3-4-7(11)9(8)12/h3-6H,1-2H3,(H,13,14). The predicted molar refractivity (Wildman–Crippen MR) is 61.7 cm³/mol. The van der Waals surface area contributed by atoms with Crippen molar-refractivity contribution < 1.29 is 9.53 Å². The van der Waals surface area contributed by atoms with Gasteiger partial charge in [0.15, 0.2) is 0 Å². The number of hydrogen-bond donors (Lipinski definition) is 1. The smallest absolute Gasteiger partial charge is 0.411 e. The van der Waals surface area contributed by atoms with Crippen LogP contribution in [0.15, 0.2) is 18.2 Å². The van der Waals surface area contributed by atoms with Crippen LogP contribution in [-0.2, 0) is 4.74 Å². The minimum atomic E-state index is -0.547. The van der Waals surface area contributed by atoms with Crippen LogP contribution in [0.25, 0.3) is 0 Å². The third-order valence-electron chi connectivity index (χ3n) is 1.53. The third-order valence-corrected chi connectivity index (χ3v) is 2.35. The van der Waals surface area contributed by atoms with Crippen LogP contribution in [0.5, 0.6) is 0 Å². The van der Waals surface area contributed by atoms with Gasteiger partial charge in [0, 0.05) is 0 Å². The zero-order valence-electron chi connectivity index (χ0n) is 8.38. The number of nitrogens with one attached hydrogen (secondary N) is 1. The molecule has 0 fully saturated rings. The Labute approximate surface area is 98.3 Å². The topological polar surface area (TPSA) is 38.3 Å². The summed E-state index contributed by atoms with van der Waals surface area (Å²) in [7, 11) is 0. The van der Waals surface area contributed by atoms with Crippen molar-refractivity contribution in [2.24, 2.45) is 0 Å². The van der Waals surface area contributed by atoms with Crippen LogP contribution in [0.2, 0.25) is 10.0 Å². The molecule has 0 aliphatic rings. The summed E-state index contributed by atoms with van der Waals surface area (Å²) in [5.74, 6) is 0. The number of ether oxygens (including phenoxy) is 1. The van der Waals surface area contributed by atoms with Crippen LogP contribution in [-0.4, -0.2) is 12.2 Å². The highest BCUT2D eigenvalue weighted by Gasteiger charge is 2.09. The summed E-state index contributed by atoms with van der Waals surface area (Å²) in [6.45, 7) is 3.53. The van der Waals surface area contributed by atoms with Crippen LogP contribution in [0, 0.1) is 0 Å². The Balaban J connectivity index is 2.73. The fourth-order valence-corrected chi connectivity index (χ4v) is 1.30. The van der Waals surface area contributed by atoms with Crippen LogP contribution >= 0.6 is 23.2 Å². The molecule has 82 valence electrons. The van der Waals surface area contributed by atoms with Gasteiger partial charge in [-0.3, -0.25) is 5.32 Å². The van der Waals surface area contributed by atoms with E-state index in [0.29, 0.717) is 15.7 Å². The normalized spacial score (nSPS) is 10.2. The molecule has 0 atom stereocenters. The van der Waals surface area contributed by atoms with Gasteiger partial charge in [-0.2, -0.15) is 0 Å². The van der Waals surface area contributed by atoms with Gasteiger partial charge in [-0.15, -0.1) is 0 Å². The Morgan fingerprint density at radius 2 is 2.07 bits per heavy atom. The lowest BCUT2D eigenvalue weighted by atomic mass is 10.3. The highest BCUT2D eigenvalue weighted by atomic mass is 35.5. The highest BCUT2D eigenvalue weighted by molar-refractivity contribution is 6.43. The zero-order valence-corrected chi connectivity index (χ0v) is 9.89. The molecule has 15 heavy (non-hydrogen) atoms. The monoisotopic (exact) mass is 247 g/mol. The number of anilines is 1. The molecule has 0 aliphatic carbocycles. The summed E-state index contributed by atoms with van der Waals surface area (Å²) >= 11 is 11.7. The van der Waals surface area contributed by atoms with E-state index >= 15 is 0 Å². The van der Waals surface area contributed by atoms with Gasteiger partial charge in [0.1, 0.15) is 0 Å². The van der Waals surface area contributed by atoms with Crippen molar-refractivity contribution in [3.8, 4) is 0 Å². The Kier molecular flexibility index (Phi) is 4.24. The molecule has 0 unspecified atom stereocenters. The molecule has 0 bridgehead atoms. The number of amides is 1. The Hall–Kier alpha value is -0.930. The lowest BCUT2D eigenvalue weighted by Gasteiger charge is -2.10. The van der Waals surface area contributed by atoms with Crippen LogP contribution < -0.4 is 5.32 Å². The number of halogens is 2. The summed E-state index contributed by atoms with van der Waals surface area (Å²) in [5, 5.41) is 3.20. The molecule has 0 aliphatic heterocycles. The minimum Gasteiger partial charge on any atom is -0.447 e. The van der Waals surface area contributed by atoms with Crippen molar-refractivity contribution in [3.63, 3.8) is 0 Å². The molecule has 1 N–H and O–H groups in total. The molecule has 1 aromatic rings. The molecule has 0 heterocycles. The van der Waals surface area contributed by atoms with E-state index in [0.717, 1.165) is 0 Å². The fourth-order valence-electron chi connectivity index (χ4n) is 0.954. The summed E-state index contributed by atoms with van der Waals surface area (Å²) in [4.78, 5) is 11.3. The van der Waals surface area contributed by atoms with Crippen molar-refractivity contribution in [1.29, 1.82) is 0 Å². The average Bonchev–Trinajstić information content (AvgIpc) is 2.11. The predicted octanol–water partition coefficient (Wildman–Crippen LogP) is 3.95. The van der Waals surface area contributed by atoms with E-state index in [1.807, 2.05) is 0 Å². The molecule has 1 aromatic carbocycles. The summed E-state index contributed by atoms with van der Waals surface area (Å²) in [6, 6.07) is 4.98. The average molecular weight is 248 g/mol. The number of rotatable bonds is 2. The van der Waals surface area contributed by atoms with E-state index in [-0.39, 0.29) is 6.10 Å². The lowest BCUT2D eigenvalue weighted by molar-refractivity contribution is 0.130. The second kappa shape index (κ2) is 5.24. The molecule has 1 amide bonds. The van der Waals surface area contributed by atoms with Gasteiger partial charge in [-0.25, -0.2) is 4.79 Å². The van der Waals surface area contributed by atoms with Gasteiger partial charge < -0.3 is 4.74 Å². The summed E-state index contributed by atoms with van der Waals surface area (Å²) < 4.78 is 4.90. The van der Waals surface area contributed by atoms with Crippen molar-refractivity contribution in [2.45, 2.75) is 20.0 Å². The van der Waals surface area contributed by atoms with Crippen molar-refractivity contribution >= 4 is 35.0 Å². The highest BCUT2D eigenvalue weighted by Crippen LogP contribution is 2.29. The van der Waals surface area contributed by atoms with E-state index in [9.17, 15) is 4.79 Å². The van der Waals surface area contributed by atoms with Crippen LogP contribution in [0.1, 0.15) is 13.8 Å². The maximum absolute atomic E-state index is 11.3. The van der Waals surface area contributed by atoms with Gasteiger partial charge in [-0.1, -0.05) is 29.3 Å². The second-order valence-corrected chi connectivity index (χ2v) is 3.97. The van der Waals surface area contributed by atoms with Crippen LogP contribution in [0.4, 0.5) is 10.5 Å². The van der Waals surface area contributed by atoms with Crippen LogP contribution in [0.3, 0.4) is 0 Å². The minimum absolute atomic E-state index is 0.178. The van der Waals surface area contributed by atoms with Crippen molar-refractivity contribution in [1.82, 2.24) is 0 Å². The number of carbonyl (C=O) groups excluding carboxylic acids is 1. The molecule has 0 radical (unpaired) electrons. The molecular formula is C10H11Cl2NO2. The van der Waals surface area contributed by atoms with Crippen molar-refractivity contribution in [2.75, 3.05) is 5.32 Å². The van der Waals surface area contributed by atoms with E-state index in [1.54, 1.807) is 32.0 Å². The van der Waals surface area contributed by atoms with E-state index < -0.39 is 6.09 Å². The molecular weight excluding hydrogens is 237 g/mol. The maximum Gasteiger partial charge on any atom is 0.411 e. The van der Waals surface area contributed by atoms with Gasteiger partial charge in [0.2, 0.25) is 0 Å². The van der Waals surface area contributed by atoms with E-state index in [1.165, 1.54) is 0 Å². The largest absolute Gasteiger partial charge is 0.447 e. The van der Waals surface area contributed by atoms with Gasteiger partial charge in [-0.05, 0) is 26.0 Å². The lowest BCUT2D eigenvalue weighted by Crippen LogP contribution is -2.18. The number of benzene rings is 1. The Morgan fingerprint density at radius 3 is 2.67 bits per heavy atom. The number of carbonyl (C=O) groups is 1. The SMILES string of the molecule is CC(C)OC(=O)Nc1cccc(Cl)c1Cl. The molecule has 0 saturated heterocycles. The van der Waals surface area contributed by atoms with Gasteiger partial charge >= 0.3 is 6.09 Å². The first-order valence-corrected chi connectivity index (χ1v) is 5.18. The molecule has 3 nitrogen and oxygen atoms in total. The first-order valence-electron chi connectivity index (χ1n) is 4.42. The second-order valence-electron chi connectivity index (χ2n) is 3.18. The summed E-state index contributed by atoms with van der Waals surface area (Å²) in [5.41, 5.74) is 0.440. The van der Waals surface area contributed by atoms with E-state index in [2.05, 4.69) is 5.32 Å². The maximum atomic E-state index is 11.3. The fraction of sp³-hybridized carbons (Fsp3) is 0.300. The Bertz CT molecular complexity index is 366. The first kappa shape index (κ1) is 12.1. The zero-order chi connectivity index (χ0) is 11.4. The molecule has 1 rings (SSSR count). The Morgan fingerprint density at radius 1 is 1.40 bits per heavy atom. The number of hydrogen-bond acceptors (Lipinski definition) is 2. The van der Waals surface area contributed by atoms with Crippen molar-refractivity contribution in [3.05, 3.63) is 28.2 Å². The van der Waals surface area contributed by atoms with Gasteiger partial charge in [0.25, 0.3) is 0 Å². The molecule has 0 saturated carbocycles. The first-order chi connectivity index (χ1) is 7.00. The molecule has 5 heteroatoms. The third kappa shape index (κ3) is 3.61. The molecule has 0 spiro atoms. The quantitative estimate of drug-likeness (QED) is 0.860.